The molecule has 0 unspecified atom stereocenters. The van der Waals surface area contributed by atoms with E-state index in [1.54, 1.807) is 11.9 Å². The minimum absolute atomic E-state index is 0.0267. The van der Waals surface area contributed by atoms with E-state index >= 15 is 0 Å². The van der Waals surface area contributed by atoms with Crippen molar-refractivity contribution in [3.8, 4) is 0 Å². The second kappa shape index (κ2) is 5.58. The first-order chi connectivity index (χ1) is 11.6. The van der Waals surface area contributed by atoms with Gasteiger partial charge in [0.25, 0.3) is 0 Å². The third-order valence-electron chi connectivity index (χ3n) is 5.19. The van der Waals surface area contributed by atoms with Gasteiger partial charge in [-0.3, -0.25) is 9.59 Å². The molecule has 1 saturated heterocycles. The molecule has 1 aliphatic heterocycles. The maximum atomic E-state index is 12.9. The molecule has 4 rings (SSSR count). The molecule has 0 N–H and O–H groups in total. The fraction of sp³-hybridized carbons (Fsp3) is 0.529. The van der Waals surface area contributed by atoms with E-state index in [1.165, 1.54) is 0 Å². The summed E-state index contributed by atoms with van der Waals surface area (Å²) in [6, 6.07) is 5.58. The predicted octanol–water partition coefficient (Wildman–Crippen LogP) is 2.06. The monoisotopic (exact) mass is 329 g/mol. The minimum atomic E-state index is -0.567. The Morgan fingerprint density at radius 3 is 2.83 bits per heavy atom. The summed E-state index contributed by atoms with van der Waals surface area (Å²) >= 11 is 0. The second-order valence-corrected chi connectivity index (χ2v) is 6.78. The van der Waals surface area contributed by atoms with E-state index in [2.05, 4.69) is 10.3 Å². The molecule has 0 bridgehead atoms. The Kier molecular flexibility index (Phi) is 3.51. The first-order valence-electron chi connectivity index (χ1n) is 8.25. The Labute approximate surface area is 138 Å². The van der Waals surface area contributed by atoms with Gasteiger partial charge in [-0.05, 0) is 53.7 Å². The first kappa shape index (κ1) is 15.1. The number of hydrogen-bond acceptors (Lipinski definition) is 6. The summed E-state index contributed by atoms with van der Waals surface area (Å²) in [6.07, 6.45) is 3.79. The lowest BCUT2D eigenvalue weighted by atomic mass is 9.84. The van der Waals surface area contributed by atoms with Crippen LogP contribution in [0.3, 0.4) is 0 Å². The molecule has 7 nitrogen and oxygen atoms in total. The van der Waals surface area contributed by atoms with E-state index in [4.69, 9.17) is 9.37 Å². The summed E-state index contributed by atoms with van der Waals surface area (Å²) in [7, 11) is 1.76. The Morgan fingerprint density at radius 2 is 2.04 bits per heavy atom. The van der Waals surface area contributed by atoms with Gasteiger partial charge < -0.3 is 9.64 Å². The molecular weight excluding hydrogens is 310 g/mol. The third-order valence-corrected chi connectivity index (χ3v) is 5.19. The van der Waals surface area contributed by atoms with Crippen LogP contribution in [0.4, 0.5) is 0 Å². The van der Waals surface area contributed by atoms with Crippen molar-refractivity contribution in [2.45, 2.75) is 44.2 Å². The zero-order valence-electron chi connectivity index (χ0n) is 13.5. The van der Waals surface area contributed by atoms with Crippen molar-refractivity contribution in [1.29, 1.82) is 0 Å². The molecule has 1 aromatic heterocycles. The largest absolute Gasteiger partial charge is 0.458 e. The SMILES string of the molecule is CN(Cc1ccc2nonc2c1)C(=O)[C@@H]1CC(=O)OC12CCCC2. The number of carbonyl (C=O) groups excluding carboxylic acids is 2. The van der Waals surface area contributed by atoms with E-state index in [0.717, 1.165) is 31.2 Å². The number of benzene rings is 1. The lowest BCUT2D eigenvalue weighted by molar-refractivity contribution is -0.151. The molecule has 1 saturated carbocycles. The quantitative estimate of drug-likeness (QED) is 0.801. The van der Waals surface area contributed by atoms with Crippen molar-refractivity contribution in [2.24, 2.45) is 5.92 Å². The molecule has 7 heteroatoms. The van der Waals surface area contributed by atoms with Crippen LogP contribution < -0.4 is 0 Å². The highest BCUT2D eigenvalue weighted by Gasteiger charge is 2.54. The molecule has 0 radical (unpaired) electrons. The molecule has 1 amide bonds. The smallest absolute Gasteiger partial charge is 0.307 e. The lowest BCUT2D eigenvalue weighted by Crippen LogP contribution is -2.43. The number of aromatic nitrogens is 2. The average Bonchev–Trinajstić information content (AvgIpc) is 3.27. The molecular formula is C17H19N3O4. The number of ether oxygens (including phenoxy) is 1. The van der Waals surface area contributed by atoms with Crippen LogP contribution in [0.1, 0.15) is 37.7 Å². The maximum Gasteiger partial charge on any atom is 0.307 e. The van der Waals surface area contributed by atoms with Crippen molar-refractivity contribution < 1.29 is 19.0 Å². The normalized spacial score (nSPS) is 22.2. The number of fused-ring (bicyclic) bond motifs is 1. The average molecular weight is 329 g/mol. The summed E-state index contributed by atoms with van der Waals surface area (Å²) in [5.41, 5.74) is 1.73. The first-order valence-corrected chi connectivity index (χ1v) is 8.25. The Balaban J connectivity index is 1.51. The van der Waals surface area contributed by atoms with Gasteiger partial charge in [0.05, 0.1) is 12.3 Å². The number of nitrogens with zero attached hydrogens (tertiary/aromatic N) is 3. The summed E-state index contributed by atoms with van der Waals surface area (Å²) in [5, 5.41) is 7.60. The van der Waals surface area contributed by atoms with Gasteiger partial charge in [0, 0.05) is 13.6 Å². The van der Waals surface area contributed by atoms with Crippen molar-refractivity contribution in [1.82, 2.24) is 15.2 Å². The molecule has 1 aliphatic carbocycles. The molecule has 1 aromatic carbocycles. The van der Waals surface area contributed by atoms with Gasteiger partial charge in [-0.15, -0.1) is 0 Å². The number of amides is 1. The Hall–Kier alpha value is -2.44. The van der Waals surface area contributed by atoms with Crippen LogP contribution >= 0.6 is 0 Å². The van der Waals surface area contributed by atoms with Crippen LogP contribution in [0.25, 0.3) is 11.0 Å². The Morgan fingerprint density at radius 1 is 1.29 bits per heavy atom. The molecule has 2 aromatic rings. The standard InChI is InChI=1S/C17H19N3O4/c1-20(10-11-4-5-13-14(8-11)19-24-18-13)16(22)12-9-15(21)23-17(12)6-2-3-7-17/h4-5,8,12H,2-3,6-7,9-10H2,1H3/t12-/m0/s1. The van der Waals surface area contributed by atoms with Crippen molar-refractivity contribution in [2.75, 3.05) is 7.05 Å². The van der Waals surface area contributed by atoms with Crippen LogP contribution in [0.5, 0.6) is 0 Å². The van der Waals surface area contributed by atoms with Gasteiger partial charge in [0.2, 0.25) is 5.91 Å². The predicted molar refractivity (Wildman–Crippen MR) is 83.7 cm³/mol. The number of esters is 1. The van der Waals surface area contributed by atoms with Crippen LogP contribution in [0, 0.1) is 5.92 Å². The van der Waals surface area contributed by atoms with E-state index in [-0.39, 0.29) is 24.2 Å². The third kappa shape index (κ3) is 2.44. The van der Waals surface area contributed by atoms with Crippen molar-refractivity contribution in [3.05, 3.63) is 23.8 Å². The van der Waals surface area contributed by atoms with E-state index in [9.17, 15) is 9.59 Å². The van der Waals surface area contributed by atoms with Crippen LogP contribution in [-0.2, 0) is 20.9 Å². The fourth-order valence-electron chi connectivity index (χ4n) is 3.97. The zero-order valence-corrected chi connectivity index (χ0v) is 13.5. The molecule has 2 fully saturated rings. The van der Waals surface area contributed by atoms with Crippen molar-refractivity contribution >= 4 is 22.9 Å². The summed E-state index contributed by atoms with van der Waals surface area (Å²) < 4.78 is 10.3. The van der Waals surface area contributed by atoms with Crippen LogP contribution in [-0.4, -0.2) is 39.7 Å². The van der Waals surface area contributed by atoms with Gasteiger partial charge in [0.15, 0.2) is 0 Å². The highest BCUT2D eigenvalue weighted by Crippen LogP contribution is 2.46. The molecule has 1 atom stereocenters. The van der Waals surface area contributed by atoms with Gasteiger partial charge in [-0.25, -0.2) is 4.63 Å². The zero-order chi connectivity index (χ0) is 16.7. The van der Waals surface area contributed by atoms with Gasteiger partial charge in [0.1, 0.15) is 16.6 Å². The number of hydrogen-bond donors (Lipinski definition) is 0. The number of rotatable bonds is 3. The maximum absolute atomic E-state index is 12.9. The highest BCUT2D eigenvalue weighted by atomic mass is 16.6. The molecule has 24 heavy (non-hydrogen) atoms. The summed E-state index contributed by atoms with van der Waals surface area (Å²) in [4.78, 5) is 26.4. The topological polar surface area (TPSA) is 85.5 Å². The second-order valence-electron chi connectivity index (χ2n) is 6.78. The highest BCUT2D eigenvalue weighted by molar-refractivity contribution is 5.88. The van der Waals surface area contributed by atoms with E-state index < -0.39 is 5.60 Å². The lowest BCUT2D eigenvalue weighted by Gasteiger charge is -2.31. The molecule has 1 spiro atoms. The van der Waals surface area contributed by atoms with E-state index in [1.807, 2.05) is 18.2 Å². The molecule has 126 valence electrons. The minimum Gasteiger partial charge on any atom is -0.458 e. The van der Waals surface area contributed by atoms with Crippen LogP contribution in [0.2, 0.25) is 0 Å². The fourth-order valence-corrected chi connectivity index (χ4v) is 3.97. The number of carbonyl (C=O) groups is 2. The molecule has 2 aliphatic rings. The Bertz CT molecular complexity index is 794. The van der Waals surface area contributed by atoms with Crippen LogP contribution in [0.15, 0.2) is 22.8 Å². The van der Waals surface area contributed by atoms with Gasteiger partial charge in [-0.2, -0.15) is 0 Å². The summed E-state index contributed by atoms with van der Waals surface area (Å²) in [6.45, 7) is 0.447. The molecule has 2 heterocycles. The van der Waals surface area contributed by atoms with E-state index in [0.29, 0.717) is 17.6 Å². The van der Waals surface area contributed by atoms with Gasteiger partial charge >= 0.3 is 5.97 Å². The van der Waals surface area contributed by atoms with Gasteiger partial charge in [-0.1, -0.05) is 6.07 Å². The van der Waals surface area contributed by atoms with Crippen molar-refractivity contribution in [3.63, 3.8) is 0 Å². The summed E-state index contributed by atoms with van der Waals surface area (Å²) in [5.74, 6) is -0.644.